The molecule has 1 aliphatic rings. The number of likely N-dealkylation sites (tertiary alicyclic amines) is 1. The highest BCUT2D eigenvalue weighted by Crippen LogP contribution is 2.28. The van der Waals surface area contributed by atoms with Crippen LogP contribution in [0.15, 0.2) is 0 Å². The van der Waals surface area contributed by atoms with E-state index in [-0.39, 0.29) is 5.54 Å². The van der Waals surface area contributed by atoms with Gasteiger partial charge in [-0.25, -0.2) is 0 Å². The first-order chi connectivity index (χ1) is 4.93. The lowest BCUT2D eigenvalue weighted by atomic mass is 9.84. The summed E-state index contributed by atoms with van der Waals surface area (Å²) in [5.74, 6) is 0. The molecule has 0 aromatic rings. The Labute approximate surface area is 69.8 Å². The van der Waals surface area contributed by atoms with E-state index in [1.165, 1.54) is 0 Å². The van der Waals surface area contributed by atoms with Gasteiger partial charge in [-0.2, -0.15) is 0 Å². The van der Waals surface area contributed by atoms with Crippen LogP contribution in [0, 0.1) is 0 Å². The van der Waals surface area contributed by atoms with Crippen LogP contribution in [0.4, 0.5) is 0 Å². The molecule has 11 heavy (non-hydrogen) atoms. The van der Waals surface area contributed by atoms with Crippen molar-refractivity contribution >= 4 is 0 Å². The fraction of sp³-hybridized carbons (Fsp3) is 1.00. The van der Waals surface area contributed by atoms with E-state index >= 15 is 0 Å². The summed E-state index contributed by atoms with van der Waals surface area (Å²) in [5, 5.41) is 0. The van der Waals surface area contributed by atoms with Crippen LogP contribution >= 0.6 is 0 Å². The minimum Gasteiger partial charge on any atom is -0.328 e. The lowest BCUT2D eigenvalue weighted by molar-refractivity contribution is 0.0490. The Bertz CT molecular complexity index is 142. The third kappa shape index (κ3) is 1.74. The zero-order chi connectivity index (χ0) is 8.65. The van der Waals surface area contributed by atoms with Gasteiger partial charge < -0.3 is 5.73 Å². The van der Waals surface area contributed by atoms with Crippen LogP contribution in [0.5, 0.6) is 0 Å². The molecule has 1 fully saturated rings. The van der Waals surface area contributed by atoms with Crippen molar-refractivity contribution in [3.05, 3.63) is 0 Å². The molecule has 2 nitrogen and oxygen atoms in total. The standard InChI is InChI=1S/C9H20N2/c1-7-5-8(10)6-9(2,3)11(7)4/h7-8H,5-6,10H2,1-4H3. The summed E-state index contributed by atoms with van der Waals surface area (Å²) in [6.45, 7) is 6.78. The highest BCUT2D eigenvalue weighted by Gasteiger charge is 2.34. The molecular weight excluding hydrogens is 136 g/mol. The van der Waals surface area contributed by atoms with Crippen LogP contribution in [0.1, 0.15) is 33.6 Å². The van der Waals surface area contributed by atoms with Crippen LogP contribution in [-0.4, -0.2) is 29.6 Å². The number of hydrogen-bond donors (Lipinski definition) is 1. The fourth-order valence-corrected chi connectivity index (χ4v) is 2.06. The lowest BCUT2D eigenvalue weighted by Crippen LogP contribution is -2.55. The molecule has 0 aliphatic carbocycles. The molecule has 0 radical (unpaired) electrons. The van der Waals surface area contributed by atoms with Crippen molar-refractivity contribution in [3.63, 3.8) is 0 Å². The highest BCUT2D eigenvalue weighted by atomic mass is 15.2. The smallest absolute Gasteiger partial charge is 0.0167 e. The Balaban J connectivity index is 2.67. The van der Waals surface area contributed by atoms with Gasteiger partial charge >= 0.3 is 0 Å². The summed E-state index contributed by atoms with van der Waals surface area (Å²) in [6.07, 6.45) is 2.26. The van der Waals surface area contributed by atoms with E-state index in [0.29, 0.717) is 12.1 Å². The molecule has 0 saturated carbocycles. The second-order valence-electron chi connectivity index (χ2n) is 4.47. The molecule has 2 N–H and O–H groups in total. The maximum atomic E-state index is 5.94. The molecule has 66 valence electrons. The zero-order valence-electron chi connectivity index (χ0n) is 8.09. The van der Waals surface area contributed by atoms with E-state index in [0.717, 1.165) is 12.8 Å². The van der Waals surface area contributed by atoms with Gasteiger partial charge in [0.25, 0.3) is 0 Å². The molecular formula is C9H20N2. The molecule has 1 rings (SSSR count). The van der Waals surface area contributed by atoms with E-state index in [1.807, 2.05) is 0 Å². The van der Waals surface area contributed by atoms with E-state index in [9.17, 15) is 0 Å². The van der Waals surface area contributed by atoms with Crippen molar-refractivity contribution in [1.29, 1.82) is 0 Å². The summed E-state index contributed by atoms with van der Waals surface area (Å²) >= 11 is 0. The first-order valence-electron chi connectivity index (χ1n) is 4.42. The van der Waals surface area contributed by atoms with Crippen molar-refractivity contribution in [1.82, 2.24) is 4.90 Å². The van der Waals surface area contributed by atoms with Crippen LogP contribution in [0.3, 0.4) is 0 Å². The summed E-state index contributed by atoms with van der Waals surface area (Å²) in [7, 11) is 2.19. The monoisotopic (exact) mass is 156 g/mol. The Hall–Kier alpha value is -0.0800. The third-order valence-electron chi connectivity index (χ3n) is 3.02. The SMILES string of the molecule is CC1CC(N)CC(C)(C)N1C. The van der Waals surface area contributed by atoms with Crippen LogP contribution in [0.2, 0.25) is 0 Å². The second-order valence-corrected chi connectivity index (χ2v) is 4.47. The van der Waals surface area contributed by atoms with Crippen LogP contribution < -0.4 is 5.73 Å². The molecule has 2 atom stereocenters. The molecule has 1 aliphatic heterocycles. The normalized spacial score (nSPS) is 39.0. The molecule has 0 aromatic carbocycles. The first kappa shape index (κ1) is 9.01. The number of nitrogens with zero attached hydrogens (tertiary/aromatic N) is 1. The van der Waals surface area contributed by atoms with Gasteiger partial charge in [-0.05, 0) is 40.7 Å². The Kier molecular flexibility index (Phi) is 2.26. The van der Waals surface area contributed by atoms with Gasteiger partial charge in [0, 0.05) is 17.6 Å². The summed E-state index contributed by atoms with van der Waals surface area (Å²) in [6, 6.07) is 1.03. The number of rotatable bonds is 0. The van der Waals surface area contributed by atoms with Gasteiger partial charge in [-0.1, -0.05) is 0 Å². The molecule has 0 spiro atoms. The zero-order valence-corrected chi connectivity index (χ0v) is 8.09. The van der Waals surface area contributed by atoms with Crippen molar-refractivity contribution in [3.8, 4) is 0 Å². The van der Waals surface area contributed by atoms with Crippen molar-refractivity contribution in [2.24, 2.45) is 5.73 Å². The Morgan fingerprint density at radius 3 is 2.45 bits per heavy atom. The van der Waals surface area contributed by atoms with Crippen molar-refractivity contribution in [2.45, 2.75) is 51.2 Å². The van der Waals surface area contributed by atoms with Crippen LogP contribution in [-0.2, 0) is 0 Å². The predicted octanol–water partition coefficient (Wildman–Crippen LogP) is 1.21. The summed E-state index contributed by atoms with van der Waals surface area (Å²) in [5.41, 5.74) is 6.23. The predicted molar refractivity (Wildman–Crippen MR) is 48.5 cm³/mol. The van der Waals surface area contributed by atoms with E-state index in [2.05, 4.69) is 32.7 Å². The molecule has 0 amide bonds. The van der Waals surface area contributed by atoms with E-state index in [4.69, 9.17) is 5.73 Å². The van der Waals surface area contributed by atoms with E-state index < -0.39 is 0 Å². The topological polar surface area (TPSA) is 29.3 Å². The minimum atomic E-state index is 0.289. The first-order valence-corrected chi connectivity index (χ1v) is 4.42. The maximum absolute atomic E-state index is 5.94. The van der Waals surface area contributed by atoms with Gasteiger partial charge in [-0.15, -0.1) is 0 Å². The summed E-state index contributed by atoms with van der Waals surface area (Å²) in [4.78, 5) is 2.43. The average Bonchev–Trinajstić information content (AvgIpc) is 1.81. The van der Waals surface area contributed by atoms with Gasteiger partial charge in [-0.3, -0.25) is 4.90 Å². The quantitative estimate of drug-likeness (QED) is 0.571. The fourth-order valence-electron chi connectivity index (χ4n) is 2.06. The van der Waals surface area contributed by atoms with Gasteiger partial charge in [0.1, 0.15) is 0 Å². The molecule has 2 heteroatoms. The third-order valence-corrected chi connectivity index (χ3v) is 3.02. The average molecular weight is 156 g/mol. The highest BCUT2D eigenvalue weighted by molar-refractivity contribution is 4.92. The number of nitrogens with two attached hydrogens (primary N) is 1. The molecule has 1 saturated heterocycles. The second kappa shape index (κ2) is 2.76. The van der Waals surface area contributed by atoms with Crippen LogP contribution in [0.25, 0.3) is 0 Å². The minimum absolute atomic E-state index is 0.289. The lowest BCUT2D eigenvalue weighted by Gasteiger charge is -2.46. The van der Waals surface area contributed by atoms with Gasteiger partial charge in [0.05, 0.1) is 0 Å². The molecule has 0 bridgehead atoms. The Morgan fingerprint density at radius 2 is 2.00 bits per heavy atom. The van der Waals surface area contributed by atoms with Gasteiger partial charge in [0.2, 0.25) is 0 Å². The summed E-state index contributed by atoms with van der Waals surface area (Å²) < 4.78 is 0. The number of piperidine rings is 1. The molecule has 1 heterocycles. The maximum Gasteiger partial charge on any atom is 0.0167 e. The van der Waals surface area contributed by atoms with Crippen molar-refractivity contribution in [2.75, 3.05) is 7.05 Å². The van der Waals surface area contributed by atoms with E-state index in [1.54, 1.807) is 0 Å². The number of hydrogen-bond acceptors (Lipinski definition) is 2. The molecule has 0 aromatic heterocycles. The largest absolute Gasteiger partial charge is 0.328 e. The molecule has 2 unspecified atom stereocenters. The van der Waals surface area contributed by atoms with Crippen molar-refractivity contribution < 1.29 is 0 Å². The Morgan fingerprint density at radius 1 is 1.45 bits per heavy atom. The van der Waals surface area contributed by atoms with Gasteiger partial charge in [0.15, 0.2) is 0 Å².